The van der Waals surface area contributed by atoms with Crippen LogP contribution in [0.5, 0.6) is 0 Å². The summed E-state index contributed by atoms with van der Waals surface area (Å²) in [7, 11) is -3.72. The molecule has 0 radical (unpaired) electrons. The van der Waals surface area contributed by atoms with Crippen molar-refractivity contribution in [3.05, 3.63) is 28.2 Å². The summed E-state index contributed by atoms with van der Waals surface area (Å²) >= 11 is 2.90. The van der Waals surface area contributed by atoms with Gasteiger partial charge in [0.15, 0.2) is 0 Å². The third kappa shape index (κ3) is 4.14. The molecule has 0 saturated carbocycles. The molecule has 1 aromatic rings. The van der Waals surface area contributed by atoms with Crippen LogP contribution in [0.2, 0.25) is 0 Å². The third-order valence-corrected chi connectivity index (χ3v) is 4.77. The van der Waals surface area contributed by atoms with Crippen LogP contribution in [0, 0.1) is 11.6 Å². The van der Waals surface area contributed by atoms with E-state index in [4.69, 9.17) is 5.14 Å². The lowest BCUT2D eigenvalue weighted by Gasteiger charge is -2.24. The average Bonchev–Trinajstić information content (AvgIpc) is 2.81. The minimum atomic E-state index is -3.72. The molecule has 3 N–H and O–H groups in total. The van der Waals surface area contributed by atoms with Gasteiger partial charge < -0.3 is 10.2 Å². The SMILES string of the molecule is NS(=O)(=O)CC1CCCN1C(=O)Nc1cc(Br)c(F)cc1F. The number of sulfonamides is 1. The Morgan fingerprint density at radius 1 is 1.41 bits per heavy atom. The zero-order chi connectivity index (χ0) is 16.5. The molecule has 0 aromatic heterocycles. The van der Waals surface area contributed by atoms with Crippen LogP contribution in [-0.2, 0) is 10.0 Å². The Labute approximate surface area is 134 Å². The third-order valence-electron chi connectivity index (χ3n) is 3.31. The van der Waals surface area contributed by atoms with Crippen molar-refractivity contribution in [3.63, 3.8) is 0 Å². The van der Waals surface area contributed by atoms with Crippen LogP contribution in [-0.4, -0.2) is 37.7 Å². The fourth-order valence-corrected chi connectivity index (χ4v) is 3.58. The molecule has 22 heavy (non-hydrogen) atoms. The average molecular weight is 398 g/mol. The van der Waals surface area contributed by atoms with Crippen molar-refractivity contribution in [2.45, 2.75) is 18.9 Å². The van der Waals surface area contributed by atoms with E-state index in [1.165, 1.54) is 4.90 Å². The molecule has 1 heterocycles. The molecule has 1 aliphatic heterocycles. The summed E-state index contributed by atoms with van der Waals surface area (Å²) in [5, 5.41) is 7.31. The molecule has 10 heteroatoms. The molecule has 6 nitrogen and oxygen atoms in total. The van der Waals surface area contributed by atoms with Crippen molar-refractivity contribution < 1.29 is 22.0 Å². The summed E-state index contributed by atoms with van der Waals surface area (Å²) in [6.07, 6.45) is 1.13. The van der Waals surface area contributed by atoms with Gasteiger partial charge in [-0.15, -0.1) is 0 Å². The minimum absolute atomic E-state index is 0.00621. The molecular formula is C12H14BrF2N3O3S. The van der Waals surface area contributed by atoms with Crippen molar-refractivity contribution >= 4 is 37.7 Å². The van der Waals surface area contributed by atoms with E-state index < -0.39 is 33.7 Å². The Hall–Kier alpha value is -1.26. The predicted octanol–water partition coefficient (Wildman–Crippen LogP) is 2.01. The van der Waals surface area contributed by atoms with Crippen LogP contribution in [0.15, 0.2) is 16.6 Å². The Morgan fingerprint density at radius 3 is 2.73 bits per heavy atom. The molecule has 1 aliphatic rings. The second kappa shape index (κ2) is 6.47. The van der Waals surface area contributed by atoms with Gasteiger partial charge in [-0.25, -0.2) is 27.1 Å². The summed E-state index contributed by atoms with van der Waals surface area (Å²) in [6, 6.07) is 0.546. The normalized spacial score (nSPS) is 18.5. The highest BCUT2D eigenvalue weighted by Crippen LogP contribution is 2.25. The zero-order valence-corrected chi connectivity index (χ0v) is 13.8. The second-order valence-corrected chi connectivity index (χ2v) is 7.51. The maximum absolute atomic E-state index is 13.6. The van der Waals surface area contributed by atoms with Crippen LogP contribution in [0.25, 0.3) is 0 Å². The van der Waals surface area contributed by atoms with Crippen LogP contribution in [0.1, 0.15) is 12.8 Å². The van der Waals surface area contributed by atoms with Gasteiger partial charge in [0, 0.05) is 18.7 Å². The van der Waals surface area contributed by atoms with Crippen molar-refractivity contribution in [3.8, 4) is 0 Å². The van der Waals surface area contributed by atoms with E-state index in [0.717, 1.165) is 6.07 Å². The maximum Gasteiger partial charge on any atom is 0.322 e. The number of urea groups is 1. The van der Waals surface area contributed by atoms with Crippen LogP contribution in [0.3, 0.4) is 0 Å². The molecule has 1 saturated heterocycles. The Balaban J connectivity index is 2.13. The monoisotopic (exact) mass is 397 g/mol. The Kier molecular flexibility index (Phi) is 5.03. The van der Waals surface area contributed by atoms with Crippen molar-refractivity contribution in [2.24, 2.45) is 5.14 Å². The largest absolute Gasteiger partial charge is 0.322 e. The van der Waals surface area contributed by atoms with Crippen molar-refractivity contribution in [2.75, 3.05) is 17.6 Å². The number of likely N-dealkylation sites (tertiary alicyclic amines) is 1. The zero-order valence-electron chi connectivity index (χ0n) is 11.4. The number of nitrogens with one attached hydrogen (secondary N) is 1. The quantitative estimate of drug-likeness (QED) is 0.763. The number of primary sulfonamides is 1. The standard InChI is InChI=1S/C12H14BrF2N3O3S/c13-8-4-11(10(15)5-9(8)14)17-12(19)18-3-1-2-7(18)6-22(16,20)21/h4-5,7H,1-3,6H2,(H,17,19)(H2,16,20,21). The fourth-order valence-electron chi connectivity index (χ4n) is 2.35. The van der Waals surface area contributed by atoms with Gasteiger partial charge in [-0.3, -0.25) is 0 Å². The Bertz CT molecular complexity index is 699. The first-order valence-electron chi connectivity index (χ1n) is 6.40. The van der Waals surface area contributed by atoms with E-state index in [1.54, 1.807) is 0 Å². The predicted molar refractivity (Wildman–Crippen MR) is 80.8 cm³/mol. The molecule has 0 bridgehead atoms. The number of hydrogen-bond acceptors (Lipinski definition) is 3. The van der Waals surface area contributed by atoms with Gasteiger partial charge in [-0.05, 0) is 34.8 Å². The lowest BCUT2D eigenvalue weighted by atomic mass is 10.2. The first-order valence-corrected chi connectivity index (χ1v) is 8.91. The molecule has 1 fully saturated rings. The summed E-state index contributed by atoms with van der Waals surface area (Å²) in [4.78, 5) is 13.5. The lowest BCUT2D eigenvalue weighted by molar-refractivity contribution is 0.210. The smallest absolute Gasteiger partial charge is 0.320 e. The van der Waals surface area contributed by atoms with E-state index in [2.05, 4.69) is 21.2 Å². The highest BCUT2D eigenvalue weighted by atomic mass is 79.9. The number of nitrogens with zero attached hydrogens (tertiary/aromatic N) is 1. The number of halogens is 3. The van der Waals surface area contributed by atoms with Gasteiger partial charge in [-0.1, -0.05) is 0 Å². The summed E-state index contributed by atoms with van der Waals surface area (Å²) in [5.41, 5.74) is -0.195. The molecule has 0 spiro atoms. The van der Waals surface area contributed by atoms with Gasteiger partial charge in [0.05, 0.1) is 15.9 Å². The molecule has 2 rings (SSSR count). The van der Waals surface area contributed by atoms with Gasteiger partial charge in [-0.2, -0.15) is 0 Å². The highest BCUT2D eigenvalue weighted by Gasteiger charge is 2.31. The molecule has 1 unspecified atom stereocenters. The molecule has 1 atom stereocenters. The maximum atomic E-state index is 13.6. The number of anilines is 1. The van der Waals surface area contributed by atoms with Gasteiger partial charge in [0.2, 0.25) is 10.0 Å². The van der Waals surface area contributed by atoms with Crippen molar-refractivity contribution in [1.82, 2.24) is 4.90 Å². The van der Waals surface area contributed by atoms with E-state index in [1.807, 2.05) is 0 Å². The van der Waals surface area contributed by atoms with E-state index in [9.17, 15) is 22.0 Å². The number of carbonyl (C=O) groups excluding carboxylic acids is 1. The number of benzene rings is 1. The Morgan fingerprint density at radius 2 is 2.09 bits per heavy atom. The molecular weight excluding hydrogens is 384 g/mol. The number of carbonyl (C=O) groups is 1. The van der Waals surface area contributed by atoms with Crippen LogP contribution >= 0.6 is 15.9 Å². The number of amides is 2. The molecule has 0 aliphatic carbocycles. The van der Waals surface area contributed by atoms with Crippen LogP contribution < -0.4 is 10.5 Å². The first kappa shape index (κ1) is 17.1. The molecule has 1 aromatic carbocycles. The van der Waals surface area contributed by atoms with E-state index in [0.29, 0.717) is 25.5 Å². The van der Waals surface area contributed by atoms with Crippen molar-refractivity contribution in [1.29, 1.82) is 0 Å². The number of hydrogen-bond donors (Lipinski definition) is 2. The summed E-state index contributed by atoms with van der Waals surface area (Å²) in [6.45, 7) is 0.343. The van der Waals surface area contributed by atoms with Gasteiger partial charge in [0.1, 0.15) is 11.6 Å². The summed E-state index contributed by atoms with van der Waals surface area (Å²) < 4.78 is 49.1. The lowest BCUT2D eigenvalue weighted by Crippen LogP contribution is -2.43. The van der Waals surface area contributed by atoms with E-state index >= 15 is 0 Å². The van der Waals surface area contributed by atoms with E-state index in [-0.39, 0.29) is 15.9 Å². The molecule has 122 valence electrons. The van der Waals surface area contributed by atoms with Gasteiger partial charge >= 0.3 is 6.03 Å². The number of rotatable bonds is 3. The number of nitrogens with two attached hydrogens (primary N) is 1. The fraction of sp³-hybridized carbons (Fsp3) is 0.417. The topological polar surface area (TPSA) is 92.5 Å². The first-order chi connectivity index (χ1) is 10.2. The summed E-state index contributed by atoms with van der Waals surface area (Å²) in [5.74, 6) is -2.06. The minimum Gasteiger partial charge on any atom is -0.320 e. The highest BCUT2D eigenvalue weighted by molar-refractivity contribution is 9.10. The van der Waals surface area contributed by atoms with Gasteiger partial charge in [0.25, 0.3) is 0 Å². The second-order valence-electron chi connectivity index (χ2n) is 5.00. The molecule has 2 amide bonds. The van der Waals surface area contributed by atoms with Crippen LogP contribution in [0.4, 0.5) is 19.3 Å².